The maximum atomic E-state index is 2.40. The van der Waals surface area contributed by atoms with Crippen LogP contribution in [-0.4, -0.2) is 17.3 Å². The van der Waals surface area contributed by atoms with Gasteiger partial charge in [-0.1, -0.05) is 39.0 Å². The van der Waals surface area contributed by atoms with Gasteiger partial charge in [-0.05, 0) is 34.8 Å². The van der Waals surface area contributed by atoms with Crippen LogP contribution in [0.15, 0.2) is 30.3 Å². The summed E-state index contributed by atoms with van der Waals surface area (Å²) in [5.74, 6) is 3.48. The average Bonchev–Trinajstić information content (AvgIpc) is 2.83. The molecule has 0 saturated carbocycles. The fourth-order valence-corrected chi connectivity index (χ4v) is 8.75. The van der Waals surface area contributed by atoms with Gasteiger partial charge in [0.2, 0.25) is 0 Å². The largest absolute Gasteiger partial charge is 0.141 e. The standard InChI is InChI=1S/C15H20S4/c1-4-16-15(17-5-2,18-6-3)14-11-12-9-7-8-10-13(12)19-14/h7-11H,4-6H2,1-3H3. The van der Waals surface area contributed by atoms with Crippen molar-refractivity contribution in [2.75, 3.05) is 17.3 Å². The van der Waals surface area contributed by atoms with Gasteiger partial charge in [-0.15, -0.1) is 46.6 Å². The van der Waals surface area contributed by atoms with Crippen molar-refractivity contribution in [1.82, 2.24) is 0 Å². The smallest absolute Gasteiger partial charge is 0.137 e. The average molecular weight is 329 g/mol. The van der Waals surface area contributed by atoms with Crippen molar-refractivity contribution < 1.29 is 0 Å². The van der Waals surface area contributed by atoms with E-state index in [0.29, 0.717) is 0 Å². The summed E-state index contributed by atoms with van der Waals surface area (Å²) < 4.78 is 1.59. The van der Waals surface area contributed by atoms with Gasteiger partial charge in [0.15, 0.2) is 0 Å². The van der Waals surface area contributed by atoms with Crippen LogP contribution < -0.4 is 0 Å². The minimum atomic E-state index is 0.182. The molecule has 2 rings (SSSR count). The van der Waals surface area contributed by atoms with Gasteiger partial charge < -0.3 is 0 Å². The number of thiophene rings is 1. The molecule has 0 bridgehead atoms. The predicted molar refractivity (Wildman–Crippen MR) is 97.9 cm³/mol. The second kappa shape index (κ2) is 7.30. The molecule has 0 unspecified atom stereocenters. The molecule has 0 nitrogen and oxygen atoms in total. The van der Waals surface area contributed by atoms with Crippen LogP contribution in [-0.2, 0) is 3.41 Å². The van der Waals surface area contributed by atoms with Crippen LogP contribution in [0.5, 0.6) is 0 Å². The first-order chi connectivity index (χ1) is 9.25. The van der Waals surface area contributed by atoms with Gasteiger partial charge in [0.05, 0.1) is 0 Å². The molecule has 0 saturated heterocycles. The molecule has 0 N–H and O–H groups in total. The van der Waals surface area contributed by atoms with Crippen LogP contribution in [0.4, 0.5) is 0 Å². The summed E-state index contributed by atoms with van der Waals surface area (Å²) in [5.41, 5.74) is 0. The van der Waals surface area contributed by atoms with Crippen molar-refractivity contribution in [2.45, 2.75) is 24.2 Å². The zero-order chi connectivity index (χ0) is 13.7. The van der Waals surface area contributed by atoms with Crippen LogP contribution >= 0.6 is 46.6 Å². The second-order valence-electron chi connectivity index (χ2n) is 4.00. The zero-order valence-corrected chi connectivity index (χ0v) is 14.9. The lowest BCUT2D eigenvalue weighted by molar-refractivity contribution is 1.32. The first-order valence-corrected chi connectivity index (χ1v) is 10.4. The molecule has 104 valence electrons. The van der Waals surface area contributed by atoms with Gasteiger partial charge in [0, 0.05) is 9.58 Å². The Labute approximate surface area is 133 Å². The van der Waals surface area contributed by atoms with Crippen molar-refractivity contribution in [3.63, 3.8) is 0 Å². The van der Waals surface area contributed by atoms with Crippen molar-refractivity contribution in [3.8, 4) is 0 Å². The molecule has 1 aromatic heterocycles. The molecule has 0 amide bonds. The number of rotatable bonds is 7. The van der Waals surface area contributed by atoms with E-state index in [2.05, 4.69) is 86.4 Å². The van der Waals surface area contributed by atoms with Gasteiger partial charge in [0.25, 0.3) is 0 Å². The summed E-state index contributed by atoms with van der Waals surface area (Å²) in [6.07, 6.45) is 0. The lowest BCUT2D eigenvalue weighted by atomic mass is 10.2. The maximum Gasteiger partial charge on any atom is 0.141 e. The van der Waals surface area contributed by atoms with Gasteiger partial charge in [-0.25, -0.2) is 0 Å². The summed E-state index contributed by atoms with van der Waals surface area (Å²) >= 11 is 8.19. The Kier molecular flexibility index (Phi) is 6.00. The van der Waals surface area contributed by atoms with Gasteiger partial charge >= 0.3 is 0 Å². The lowest BCUT2D eigenvalue weighted by Gasteiger charge is -2.30. The van der Waals surface area contributed by atoms with Crippen LogP contribution in [0.3, 0.4) is 0 Å². The molecular weight excluding hydrogens is 308 g/mol. The van der Waals surface area contributed by atoms with Crippen molar-refractivity contribution in [2.24, 2.45) is 0 Å². The van der Waals surface area contributed by atoms with Crippen LogP contribution in [0, 0.1) is 0 Å². The minimum Gasteiger partial charge on any atom is -0.137 e. The third-order valence-corrected chi connectivity index (χ3v) is 9.14. The highest BCUT2D eigenvalue weighted by molar-refractivity contribution is 8.32. The number of hydrogen-bond acceptors (Lipinski definition) is 4. The molecule has 0 fully saturated rings. The molecule has 2 aromatic rings. The summed E-state index contributed by atoms with van der Waals surface area (Å²) in [6.45, 7) is 6.79. The van der Waals surface area contributed by atoms with Crippen LogP contribution in [0.1, 0.15) is 25.6 Å². The van der Waals surface area contributed by atoms with E-state index < -0.39 is 0 Å². The van der Waals surface area contributed by atoms with Crippen LogP contribution in [0.25, 0.3) is 10.1 Å². The Morgan fingerprint density at radius 3 is 2.05 bits per heavy atom. The van der Waals surface area contributed by atoms with Crippen LogP contribution in [0.2, 0.25) is 0 Å². The topological polar surface area (TPSA) is 0 Å². The molecule has 1 heterocycles. The van der Waals surface area contributed by atoms with E-state index in [1.54, 1.807) is 0 Å². The Morgan fingerprint density at radius 2 is 1.53 bits per heavy atom. The van der Waals surface area contributed by atoms with E-state index in [0.717, 1.165) is 17.3 Å². The summed E-state index contributed by atoms with van der Waals surface area (Å²) in [5, 5.41) is 1.39. The molecule has 0 radical (unpaired) electrons. The van der Waals surface area contributed by atoms with Crippen molar-refractivity contribution >= 4 is 56.7 Å². The van der Waals surface area contributed by atoms with E-state index in [4.69, 9.17) is 0 Å². The van der Waals surface area contributed by atoms with E-state index in [1.165, 1.54) is 15.0 Å². The molecular formula is C15H20S4. The van der Waals surface area contributed by atoms with E-state index in [9.17, 15) is 0 Å². The minimum absolute atomic E-state index is 0.182. The SMILES string of the molecule is CCSC(SCC)(SCC)c1cc2ccccc2s1. The summed E-state index contributed by atoms with van der Waals surface area (Å²) in [6, 6.07) is 11.1. The predicted octanol–water partition coefficient (Wildman–Crippen LogP) is 6.27. The Balaban J connectivity index is 2.45. The number of hydrogen-bond donors (Lipinski definition) is 0. The highest BCUT2D eigenvalue weighted by atomic mass is 32.3. The number of benzene rings is 1. The lowest BCUT2D eigenvalue weighted by Crippen LogP contribution is -2.12. The van der Waals surface area contributed by atoms with Gasteiger partial charge in [0.1, 0.15) is 3.41 Å². The van der Waals surface area contributed by atoms with E-state index in [1.807, 2.05) is 11.3 Å². The maximum absolute atomic E-state index is 2.40. The molecule has 0 aliphatic rings. The highest BCUT2D eigenvalue weighted by Crippen LogP contribution is 2.57. The second-order valence-corrected chi connectivity index (χ2v) is 10.3. The molecule has 0 aliphatic heterocycles. The number of fused-ring (bicyclic) bond motifs is 1. The zero-order valence-electron chi connectivity index (χ0n) is 11.6. The highest BCUT2D eigenvalue weighted by Gasteiger charge is 2.34. The Bertz CT molecular complexity index is 468. The van der Waals surface area contributed by atoms with E-state index >= 15 is 0 Å². The van der Waals surface area contributed by atoms with Crippen molar-refractivity contribution in [1.29, 1.82) is 0 Å². The fraction of sp³-hybridized carbons (Fsp3) is 0.467. The van der Waals surface area contributed by atoms with Gasteiger partial charge in [-0.2, -0.15) is 0 Å². The quantitative estimate of drug-likeness (QED) is 0.550. The fourth-order valence-electron chi connectivity index (χ4n) is 2.04. The number of thioether (sulfide) groups is 3. The molecule has 0 aliphatic carbocycles. The summed E-state index contributed by atoms with van der Waals surface area (Å²) in [4.78, 5) is 1.51. The molecule has 4 heteroatoms. The van der Waals surface area contributed by atoms with Crippen molar-refractivity contribution in [3.05, 3.63) is 35.2 Å². The van der Waals surface area contributed by atoms with Gasteiger partial charge in [-0.3, -0.25) is 0 Å². The first-order valence-electron chi connectivity index (χ1n) is 6.66. The summed E-state index contributed by atoms with van der Waals surface area (Å²) in [7, 11) is 0. The van der Waals surface area contributed by atoms with E-state index in [-0.39, 0.29) is 3.41 Å². The first kappa shape index (κ1) is 15.6. The Morgan fingerprint density at radius 1 is 0.947 bits per heavy atom. The monoisotopic (exact) mass is 328 g/mol. The molecule has 1 aromatic carbocycles. The normalized spacial score (nSPS) is 12.2. The molecule has 19 heavy (non-hydrogen) atoms. The molecule has 0 atom stereocenters. The Hall–Kier alpha value is 0.230. The third kappa shape index (κ3) is 3.46. The third-order valence-electron chi connectivity index (χ3n) is 2.73. The molecule has 0 spiro atoms.